The van der Waals surface area contributed by atoms with Crippen LogP contribution in [-0.2, 0) is 9.47 Å². The Morgan fingerprint density at radius 1 is 1.45 bits per heavy atom. The summed E-state index contributed by atoms with van der Waals surface area (Å²) in [4.78, 5) is 0. The van der Waals surface area contributed by atoms with E-state index in [1.165, 1.54) is 12.8 Å². The zero-order valence-corrected chi connectivity index (χ0v) is 7.72. The molecule has 0 spiro atoms. The monoisotopic (exact) mass is 158 g/mol. The third-order valence-electron chi connectivity index (χ3n) is 1.86. The summed E-state index contributed by atoms with van der Waals surface area (Å²) in [6.07, 6.45) is 3.51. The van der Waals surface area contributed by atoms with Gasteiger partial charge in [-0.15, -0.1) is 0 Å². The molecule has 1 fully saturated rings. The molecule has 0 amide bonds. The van der Waals surface area contributed by atoms with Gasteiger partial charge in [-0.2, -0.15) is 0 Å². The lowest BCUT2D eigenvalue weighted by atomic mass is 10.2. The van der Waals surface area contributed by atoms with Crippen molar-refractivity contribution in [3.63, 3.8) is 0 Å². The summed E-state index contributed by atoms with van der Waals surface area (Å²) in [6, 6.07) is 0. The van der Waals surface area contributed by atoms with Gasteiger partial charge in [-0.3, -0.25) is 0 Å². The molecule has 1 unspecified atom stereocenters. The molecule has 1 rings (SSSR count). The summed E-state index contributed by atoms with van der Waals surface area (Å²) in [5.74, 6) is 0. The molecule has 0 bridgehead atoms. The third-order valence-corrected chi connectivity index (χ3v) is 1.86. The summed E-state index contributed by atoms with van der Waals surface area (Å²) in [5, 5.41) is 0. The summed E-state index contributed by atoms with van der Waals surface area (Å²) in [6.45, 7) is 7.05. The molecule has 0 aliphatic carbocycles. The lowest BCUT2D eigenvalue weighted by molar-refractivity contribution is -0.0829. The van der Waals surface area contributed by atoms with Crippen LogP contribution in [0, 0.1) is 0 Å². The van der Waals surface area contributed by atoms with Gasteiger partial charge in [0.25, 0.3) is 0 Å². The first-order valence-electron chi connectivity index (χ1n) is 4.43. The topological polar surface area (TPSA) is 18.5 Å². The van der Waals surface area contributed by atoms with Gasteiger partial charge >= 0.3 is 0 Å². The second kappa shape index (κ2) is 3.55. The second-order valence-electron chi connectivity index (χ2n) is 3.76. The molecule has 2 nitrogen and oxygen atoms in total. The number of ether oxygens (including phenoxy) is 2. The third kappa shape index (κ3) is 2.80. The molecule has 2 heteroatoms. The molecule has 1 aliphatic rings. The Hall–Kier alpha value is -0.0800. The number of hydrogen-bond donors (Lipinski definition) is 0. The molecule has 0 N–H and O–H groups in total. The highest BCUT2D eigenvalue weighted by atomic mass is 16.7. The first-order chi connectivity index (χ1) is 5.14. The molecule has 0 aromatic carbocycles. The van der Waals surface area contributed by atoms with Crippen LogP contribution in [0.2, 0.25) is 0 Å². The molecule has 1 saturated heterocycles. The summed E-state index contributed by atoms with van der Waals surface area (Å²) in [7, 11) is 0. The van der Waals surface area contributed by atoms with Crippen molar-refractivity contribution in [2.45, 2.75) is 51.9 Å². The minimum absolute atomic E-state index is 0.0571. The van der Waals surface area contributed by atoms with Crippen LogP contribution in [0.5, 0.6) is 0 Å². The van der Waals surface area contributed by atoms with E-state index in [9.17, 15) is 0 Å². The van der Waals surface area contributed by atoms with Crippen LogP contribution < -0.4 is 0 Å². The lowest BCUT2D eigenvalue weighted by Gasteiger charge is -2.15. The van der Waals surface area contributed by atoms with Crippen LogP contribution in [0.15, 0.2) is 0 Å². The standard InChI is InChI=1S/C9H18O2/c1-4-5-6-8-10-7-9(2,3)11-8/h8H,4-7H2,1-3H3. The molecule has 0 saturated carbocycles. The molecule has 0 radical (unpaired) electrons. The number of unbranched alkanes of at least 4 members (excludes halogenated alkanes) is 1. The maximum absolute atomic E-state index is 5.63. The maximum atomic E-state index is 5.63. The highest BCUT2D eigenvalue weighted by molar-refractivity contribution is 4.73. The fourth-order valence-corrected chi connectivity index (χ4v) is 1.23. The molecule has 1 aliphatic heterocycles. The van der Waals surface area contributed by atoms with Crippen molar-refractivity contribution in [2.75, 3.05) is 6.61 Å². The quantitative estimate of drug-likeness (QED) is 0.627. The zero-order chi connectivity index (χ0) is 8.32. The molecule has 1 heterocycles. The first-order valence-corrected chi connectivity index (χ1v) is 4.43. The highest BCUT2D eigenvalue weighted by Gasteiger charge is 2.31. The van der Waals surface area contributed by atoms with E-state index in [1.807, 2.05) is 0 Å². The van der Waals surface area contributed by atoms with E-state index in [4.69, 9.17) is 9.47 Å². The Labute approximate surface area is 68.9 Å². The predicted molar refractivity (Wildman–Crippen MR) is 44.4 cm³/mol. The van der Waals surface area contributed by atoms with E-state index >= 15 is 0 Å². The van der Waals surface area contributed by atoms with Crippen LogP contribution in [0.25, 0.3) is 0 Å². The molecule has 0 aromatic rings. The van der Waals surface area contributed by atoms with Gasteiger partial charge in [0.05, 0.1) is 12.2 Å². The van der Waals surface area contributed by atoms with E-state index in [0.29, 0.717) is 0 Å². The van der Waals surface area contributed by atoms with Gasteiger partial charge in [-0.05, 0) is 26.7 Å². The van der Waals surface area contributed by atoms with Crippen molar-refractivity contribution in [2.24, 2.45) is 0 Å². The minimum Gasteiger partial charge on any atom is -0.350 e. The summed E-state index contributed by atoms with van der Waals surface area (Å²) in [5.41, 5.74) is -0.0571. The highest BCUT2D eigenvalue weighted by Crippen LogP contribution is 2.24. The maximum Gasteiger partial charge on any atom is 0.158 e. The Balaban J connectivity index is 2.20. The second-order valence-corrected chi connectivity index (χ2v) is 3.76. The van der Waals surface area contributed by atoms with Crippen molar-refractivity contribution in [1.29, 1.82) is 0 Å². The zero-order valence-electron chi connectivity index (χ0n) is 7.72. The van der Waals surface area contributed by atoms with Crippen molar-refractivity contribution in [1.82, 2.24) is 0 Å². The van der Waals surface area contributed by atoms with Crippen molar-refractivity contribution < 1.29 is 9.47 Å². The molecular formula is C9H18O2. The van der Waals surface area contributed by atoms with E-state index < -0.39 is 0 Å². The van der Waals surface area contributed by atoms with Gasteiger partial charge < -0.3 is 9.47 Å². The fourth-order valence-electron chi connectivity index (χ4n) is 1.23. The number of hydrogen-bond acceptors (Lipinski definition) is 2. The normalized spacial score (nSPS) is 29.2. The number of rotatable bonds is 3. The van der Waals surface area contributed by atoms with Gasteiger partial charge in [0.15, 0.2) is 6.29 Å². The molecule has 66 valence electrons. The van der Waals surface area contributed by atoms with Gasteiger partial charge in [0.2, 0.25) is 0 Å². The largest absolute Gasteiger partial charge is 0.350 e. The van der Waals surface area contributed by atoms with Crippen LogP contribution in [-0.4, -0.2) is 18.5 Å². The first kappa shape index (κ1) is 9.01. The summed E-state index contributed by atoms with van der Waals surface area (Å²) < 4.78 is 11.1. The van der Waals surface area contributed by atoms with Crippen molar-refractivity contribution >= 4 is 0 Å². The van der Waals surface area contributed by atoms with E-state index in [2.05, 4.69) is 20.8 Å². The lowest BCUT2D eigenvalue weighted by Crippen LogP contribution is -2.22. The van der Waals surface area contributed by atoms with Crippen LogP contribution >= 0.6 is 0 Å². The van der Waals surface area contributed by atoms with Gasteiger partial charge in [-0.25, -0.2) is 0 Å². The van der Waals surface area contributed by atoms with Crippen molar-refractivity contribution in [3.8, 4) is 0 Å². The molecule has 1 atom stereocenters. The molecule has 0 aromatic heterocycles. The molecular weight excluding hydrogens is 140 g/mol. The average molecular weight is 158 g/mol. The van der Waals surface area contributed by atoms with E-state index in [1.54, 1.807) is 0 Å². The molecule has 11 heavy (non-hydrogen) atoms. The minimum atomic E-state index is -0.0571. The Morgan fingerprint density at radius 3 is 2.64 bits per heavy atom. The smallest absolute Gasteiger partial charge is 0.158 e. The summed E-state index contributed by atoms with van der Waals surface area (Å²) >= 11 is 0. The Morgan fingerprint density at radius 2 is 2.18 bits per heavy atom. The SMILES string of the molecule is CCCCC1OCC(C)(C)O1. The average Bonchev–Trinajstić information content (AvgIpc) is 2.26. The van der Waals surface area contributed by atoms with E-state index in [0.717, 1.165) is 13.0 Å². The fraction of sp³-hybridized carbons (Fsp3) is 1.00. The predicted octanol–water partition coefficient (Wildman–Crippen LogP) is 2.33. The van der Waals surface area contributed by atoms with Gasteiger partial charge in [0.1, 0.15) is 0 Å². The van der Waals surface area contributed by atoms with Gasteiger partial charge in [-0.1, -0.05) is 13.3 Å². The van der Waals surface area contributed by atoms with E-state index in [-0.39, 0.29) is 11.9 Å². The Kier molecular flexibility index (Phi) is 2.90. The van der Waals surface area contributed by atoms with Crippen LogP contribution in [0.3, 0.4) is 0 Å². The van der Waals surface area contributed by atoms with Crippen LogP contribution in [0.4, 0.5) is 0 Å². The van der Waals surface area contributed by atoms with Gasteiger partial charge in [0, 0.05) is 0 Å². The van der Waals surface area contributed by atoms with Crippen molar-refractivity contribution in [3.05, 3.63) is 0 Å². The Bertz CT molecular complexity index is 121. The van der Waals surface area contributed by atoms with Crippen LogP contribution in [0.1, 0.15) is 40.0 Å².